The zero-order chi connectivity index (χ0) is 22.0. The fourth-order valence-corrected chi connectivity index (χ4v) is 3.72. The van der Waals surface area contributed by atoms with Gasteiger partial charge in [-0.25, -0.2) is 0 Å². The lowest BCUT2D eigenvalue weighted by Gasteiger charge is -2.43. The fraction of sp³-hybridized carbons (Fsp3) is 0.318. The van der Waals surface area contributed by atoms with Gasteiger partial charge in [-0.15, -0.1) is 0 Å². The van der Waals surface area contributed by atoms with Crippen molar-refractivity contribution in [3.05, 3.63) is 54.4 Å². The Balaban J connectivity index is 1.77. The van der Waals surface area contributed by atoms with Gasteiger partial charge in [0.25, 0.3) is 5.91 Å². The van der Waals surface area contributed by atoms with Crippen molar-refractivity contribution in [1.29, 1.82) is 0 Å². The lowest BCUT2D eigenvalue weighted by atomic mass is 9.94. The second-order valence-corrected chi connectivity index (χ2v) is 7.41. The number of carbonyl (C=O) groups excluding carboxylic acids is 2. The van der Waals surface area contributed by atoms with Gasteiger partial charge in [0.2, 0.25) is 5.91 Å². The molecule has 1 atom stereocenters. The third kappa shape index (κ3) is 3.68. The molecule has 0 radical (unpaired) electrons. The number of rotatable bonds is 7. The molecule has 1 aromatic carbocycles. The van der Waals surface area contributed by atoms with Crippen molar-refractivity contribution in [2.24, 2.45) is 0 Å². The van der Waals surface area contributed by atoms with Crippen LogP contribution in [0.25, 0.3) is 11.5 Å². The highest BCUT2D eigenvalue weighted by Crippen LogP contribution is 2.34. The van der Waals surface area contributed by atoms with E-state index in [0.717, 1.165) is 0 Å². The molecule has 0 unspecified atom stereocenters. The van der Waals surface area contributed by atoms with Crippen molar-refractivity contribution >= 4 is 17.5 Å². The molecule has 1 N–H and O–H groups in total. The predicted octanol–water partition coefficient (Wildman–Crippen LogP) is 2.33. The molecule has 3 heterocycles. The summed E-state index contributed by atoms with van der Waals surface area (Å²) in [4.78, 5) is 28.4. The first-order valence-electron chi connectivity index (χ1n) is 9.85. The quantitative estimate of drug-likeness (QED) is 0.585. The van der Waals surface area contributed by atoms with Crippen LogP contribution in [-0.2, 0) is 16.1 Å². The number of nitrogens with one attached hydrogen (secondary N) is 1. The van der Waals surface area contributed by atoms with Gasteiger partial charge in [0.05, 0.1) is 26.5 Å². The van der Waals surface area contributed by atoms with Crippen LogP contribution in [-0.4, -0.2) is 54.5 Å². The van der Waals surface area contributed by atoms with Crippen molar-refractivity contribution in [3.63, 3.8) is 0 Å². The Hall–Kier alpha value is -3.59. The summed E-state index contributed by atoms with van der Waals surface area (Å²) in [6.45, 7) is 2.61. The minimum absolute atomic E-state index is 0.180. The number of carbonyl (C=O) groups is 2. The molecular weight excluding hydrogens is 400 g/mol. The molecule has 1 aliphatic rings. The molecule has 2 amide bonds. The largest absolute Gasteiger partial charge is 0.497 e. The summed E-state index contributed by atoms with van der Waals surface area (Å²) in [7, 11) is 3.14. The Bertz CT molecular complexity index is 1070. The first-order valence-corrected chi connectivity index (χ1v) is 9.85. The number of benzene rings is 1. The highest BCUT2D eigenvalue weighted by atomic mass is 16.5. The van der Waals surface area contributed by atoms with E-state index in [4.69, 9.17) is 13.9 Å². The van der Waals surface area contributed by atoms with Gasteiger partial charge < -0.3 is 19.2 Å². The molecule has 4 rings (SSSR count). The normalized spacial score (nSPS) is 18.0. The van der Waals surface area contributed by atoms with Crippen LogP contribution in [0.15, 0.2) is 53.1 Å². The Morgan fingerprint density at radius 3 is 2.68 bits per heavy atom. The molecule has 0 spiro atoms. The minimum Gasteiger partial charge on any atom is -0.497 e. The van der Waals surface area contributed by atoms with E-state index < -0.39 is 5.54 Å². The van der Waals surface area contributed by atoms with Gasteiger partial charge in [-0.1, -0.05) is 0 Å². The van der Waals surface area contributed by atoms with Crippen molar-refractivity contribution in [3.8, 4) is 17.2 Å². The van der Waals surface area contributed by atoms with Crippen LogP contribution >= 0.6 is 0 Å². The molecule has 31 heavy (non-hydrogen) atoms. The van der Waals surface area contributed by atoms with Crippen molar-refractivity contribution < 1.29 is 23.5 Å². The van der Waals surface area contributed by atoms with Crippen molar-refractivity contribution in [1.82, 2.24) is 15.1 Å². The molecule has 0 saturated carbocycles. The number of hydrogen-bond acceptors (Lipinski definition) is 6. The number of anilines is 1. The van der Waals surface area contributed by atoms with Crippen LogP contribution in [0.2, 0.25) is 0 Å². The third-order valence-electron chi connectivity index (χ3n) is 5.34. The number of nitrogens with zero attached hydrogens (tertiary/aromatic N) is 3. The first kappa shape index (κ1) is 20.7. The summed E-state index contributed by atoms with van der Waals surface area (Å²) in [5.74, 6) is 0.585. The van der Waals surface area contributed by atoms with Crippen LogP contribution in [0.5, 0.6) is 5.75 Å². The van der Waals surface area contributed by atoms with Gasteiger partial charge in [0.15, 0.2) is 5.76 Å². The number of aromatic nitrogens is 2. The third-order valence-corrected chi connectivity index (χ3v) is 5.34. The zero-order valence-electron chi connectivity index (χ0n) is 17.6. The molecule has 0 bridgehead atoms. The number of furan rings is 1. The molecule has 162 valence electrons. The standard InChI is InChI=1S/C22H24N4O5/c1-22(21(28)23-10-12-29-2)14-25-18(13-17(24-25)19-5-4-11-31-19)20(27)26(22)15-6-8-16(30-3)9-7-15/h4-9,11,13H,10,12,14H2,1-3H3,(H,23,28)/t22-/m1/s1. The van der Waals surface area contributed by atoms with Crippen LogP contribution in [0.4, 0.5) is 5.69 Å². The maximum Gasteiger partial charge on any atom is 0.277 e. The van der Waals surface area contributed by atoms with E-state index in [1.165, 1.54) is 4.90 Å². The molecule has 0 fully saturated rings. The van der Waals surface area contributed by atoms with Crippen LogP contribution in [0.3, 0.4) is 0 Å². The fourth-order valence-electron chi connectivity index (χ4n) is 3.72. The average molecular weight is 424 g/mol. The van der Waals surface area contributed by atoms with Gasteiger partial charge in [0.1, 0.15) is 22.7 Å². The van der Waals surface area contributed by atoms with E-state index in [1.807, 2.05) is 0 Å². The van der Waals surface area contributed by atoms with E-state index in [9.17, 15) is 9.59 Å². The molecule has 9 nitrogen and oxygen atoms in total. The topological polar surface area (TPSA) is 98.8 Å². The highest BCUT2D eigenvalue weighted by molar-refractivity contribution is 6.12. The van der Waals surface area contributed by atoms with Crippen molar-refractivity contribution in [2.45, 2.75) is 19.0 Å². The van der Waals surface area contributed by atoms with E-state index in [1.54, 1.807) is 74.6 Å². The van der Waals surface area contributed by atoms with Gasteiger partial charge in [-0.2, -0.15) is 5.10 Å². The molecule has 3 aromatic rings. The summed E-state index contributed by atoms with van der Waals surface area (Å²) in [5.41, 5.74) is 0.289. The van der Waals surface area contributed by atoms with Gasteiger partial charge >= 0.3 is 0 Å². The summed E-state index contributed by atoms with van der Waals surface area (Å²) in [5, 5.41) is 7.38. The van der Waals surface area contributed by atoms with Crippen LogP contribution in [0.1, 0.15) is 17.4 Å². The monoisotopic (exact) mass is 424 g/mol. The second kappa shape index (κ2) is 8.27. The smallest absolute Gasteiger partial charge is 0.277 e. The Morgan fingerprint density at radius 1 is 1.26 bits per heavy atom. The Labute approximate surface area is 179 Å². The first-order chi connectivity index (χ1) is 15.0. The second-order valence-electron chi connectivity index (χ2n) is 7.41. The highest BCUT2D eigenvalue weighted by Gasteiger charge is 2.48. The molecule has 9 heteroatoms. The number of hydrogen-bond donors (Lipinski definition) is 1. The van der Waals surface area contributed by atoms with E-state index in [0.29, 0.717) is 41.7 Å². The van der Waals surface area contributed by atoms with Gasteiger partial charge in [0, 0.05) is 25.4 Å². The number of fused-ring (bicyclic) bond motifs is 1. The van der Waals surface area contributed by atoms with Crippen LogP contribution < -0.4 is 15.0 Å². The maximum absolute atomic E-state index is 13.6. The summed E-state index contributed by atoms with van der Waals surface area (Å²) in [6, 6.07) is 12.2. The van der Waals surface area contributed by atoms with Gasteiger partial charge in [-0.05, 0) is 43.3 Å². The SMILES string of the molecule is COCCNC(=O)[C@@]1(C)Cn2nc(-c3ccco3)cc2C(=O)N1c1ccc(OC)cc1. The predicted molar refractivity (Wildman–Crippen MR) is 113 cm³/mol. The molecule has 0 aliphatic carbocycles. The molecular formula is C22H24N4O5. The average Bonchev–Trinajstić information content (AvgIpc) is 3.44. The lowest BCUT2D eigenvalue weighted by Crippen LogP contribution is -2.64. The summed E-state index contributed by atoms with van der Waals surface area (Å²) in [6.07, 6.45) is 1.55. The maximum atomic E-state index is 13.6. The summed E-state index contributed by atoms with van der Waals surface area (Å²) < 4.78 is 17.3. The molecule has 2 aromatic heterocycles. The van der Waals surface area contributed by atoms with Crippen molar-refractivity contribution in [2.75, 3.05) is 32.3 Å². The molecule has 0 saturated heterocycles. The zero-order valence-corrected chi connectivity index (χ0v) is 17.6. The number of amides is 2. The molecule has 1 aliphatic heterocycles. The number of ether oxygens (including phenoxy) is 2. The number of methoxy groups -OCH3 is 2. The Morgan fingerprint density at radius 2 is 2.03 bits per heavy atom. The Kier molecular flexibility index (Phi) is 5.51. The summed E-state index contributed by atoms with van der Waals surface area (Å²) >= 11 is 0. The van der Waals surface area contributed by atoms with E-state index in [2.05, 4.69) is 10.4 Å². The lowest BCUT2D eigenvalue weighted by molar-refractivity contribution is -0.126. The van der Waals surface area contributed by atoms with E-state index in [-0.39, 0.29) is 18.4 Å². The van der Waals surface area contributed by atoms with Gasteiger partial charge in [-0.3, -0.25) is 19.2 Å². The van der Waals surface area contributed by atoms with Crippen LogP contribution in [0, 0.1) is 0 Å². The minimum atomic E-state index is -1.21. The van der Waals surface area contributed by atoms with E-state index >= 15 is 0 Å².